The van der Waals surface area contributed by atoms with Crippen molar-refractivity contribution in [3.8, 4) is 17.2 Å². The molecule has 10 nitrogen and oxygen atoms in total. The summed E-state index contributed by atoms with van der Waals surface area (Å²) < 4.78 is 36.7. The van der Waals surface area contributed by atoms with Crippen molar-refractivity contribution in [1.82, 2.24) is 0 Å². The number of nitrogens with one attached hydrogen (secondary N) is 3. The van der Waals surface area contributed by atoms with E-state index in [9.17, 15) is 18.8 Å². The van der Waals surface area contributed by atoms with Gasteiger partial charge in [-0.25, -0.2) is 9.18 Å². The summed E-state index contributed by atoms with van der Waals surface area (Å²) >= 11 is 0. The van der Waals surface area contributed by atoms with Crippen molar-refractivity contribution in [2.45, 2.75) is 60.0 Å². The Labute approximate surface area is 309 Å². The summed E-state index contributed by atoms with van der Waals surface area (Å²) in [6, 6.07) is 21.6. The third-order valence-electron chi connectivity index (χ3n) is 8.22. The number of ether oxygens (including phenoxy) is 4. The molecule has 1 aliphatic rings. The van der Waals surface area contributed by atoms with Gasteiger partial charge in [0.15, 0.2) is 0 Å². The number of rotatable bonds is 17. The predicted octanol–water partition coefficient (Wildman–Crippen LogP) is 9.23. The van der Waals surface area contributed by atoms with Gasteiger partial charge in [0.1, 0.15) is 29.7 Å². The summed E-state index contributed by atoms with van der Waals surface area (Å²) in [5.41, 5.74) is 5.97. The molecule has 3 N–H and O–H groups in total. The van der Waals surface area contributed by atoms with Crippen molar-refractivity contribution < 1.29 is 37.7 Å². The number of halogens is 1. The minimum absolute atomic E-state index is 0.175. The van der Waals surface area contributed by atoms with E-state index < -0.39 is 5.97 Å². The highest BCUT2D eigenvalue weighted by Gasteiger charge is 2.23. The fourth-order valence-corrected chi connectivity index (χ4v) is 5.30. The highest BCUT2D eigenvalue weighted by atomic mass is 19.1. The molecule has 0 bridgehead atoms. The van der Waals surface area contributed by atoms with Crippen molar-refractivity contribution in [2.24, 2.45) is 5.92 Å². The van der Waals surface area contributed by atoms with Crippen LogP contribution in [0.3, 0.4) is 0 Å². The molecule has 0 radical (unpaired) electrons. The van der Waals surface area contributed by atoms with Crippen LogP contribution in [0.1, 0.15) is 85.2 Å². The Hall–Kier alpha value is -5.84. The molecular formula is C42H46FN3O7. The summed E-state index contributed by atoms with van der Waals surface area (Å²) in [5, 5.41) is 9.33. The molecule has 0 spiro atoms. The van der Waals surface area contributed by atoms with Crippen LogP contribution in [0.2, 0.25) is 0 Å². The van der Waals surface area contributed by atoms with Gasteiger partial charge < -0.3 is 34.9 Å². The van der Waals surface area contributed by atoms with Crippen LogP contribution in [0.5, 0.6) is 17.2 Å². The number of hydrogen-bond acceptors (Lipinski definition) is 8. The van der Waals surface area contributed by atoms with E-state index in [2.05, 4.69) is 16.0 Å². The van der Waals surface area contributed by atoms with Gasteiger partial charge in [0, 0.05) is 23.7 Å². The molecule has 5 rings (SSSR count). The minimum atomic E-state index is -0.504. The van der Waals surface area contributed by atoms with E-state index >= 15 is 0 Å². The lowest BCUT2D eigenvalue weighted by atomic mass is 10.1. The average Bonchev–Trinajstić information content (AvgIpc) is 3.99. The van der Waals surface area contributed by atoms with E-state index in [1.807, 2.05) is 39.0 Å². The number of benzene rings is 4. The fourth-order valence-electron chi connectivity index (χ4n) is 5.30. The fraction of sp³-hybridized carbons (Fsp3) is 0.310. The molecule has 0 atom stereocenters. The lowest BCUT2D eigenvalue weighted by Gasteiger charge is -2.19. The maximum Gasteiger partial charge on any atom is 0.337 e. The number of methoxy groups -OCH3 is 1. The number of amides is 2. The van der Waals surface area contributed by atoms with E-state index in [1.165, 1.54) is 31.7 Å². The van der Waals surface area contributed by atoms with E-state index in [1.54, 1.807) is 48.5 Å². The molecule has 1 saturated carbocycles. The van der Waals surface area contributed by atoms with Gasteiger partial charge in [-0.3, -0.25) is 9.59 Å². The topological polar surface area (TPSA) is 124 Å². The molecule has 4 aromatic rings. The Morgan fingerprint density at radius 3 is 1.96 bits per heavy atom. The van der Waals surface area contributed by atoms with Crippen molar-refractivity contribution in [1.29, 1.82) is 0 Å². The van der Waals surface area contributed by atoms with E-state index in [4.69, 9.17) is 18.9 Å². The van der Waals surface area contributed by atoms with Crippen LogP contribution in [0.15, 0.2) is 84.4 Å². The second-order valence-corrected chi connectivity index (χ2v) is 13.2. The summed E-state index contributed by atoms with van der Waals surface area (Å²) in [5.74, 6) is 0.0932. The van der Waals surface area contributed by atoms with E-state index in [0.29, 0.717) is 58.7 Å². The predicted molar refractivity (Wildman–Crippen MR) is 204 cm³/mol. The third-order valence-corrected chi connectivity index (χ3v) is 8.22. The molecule has 0 aliphatic heterocycles. The summed E-state index contributed by atoms with van der Waals surface area (Å²) in [6.45, 7) is 8.59. The molecule has 11 heteroatoms. The maximum atomic E-state index is 13.7. The number of unbranched alkanes of at least 4 members (excludes halogenated alkanes) is 1. The SMILES string of the molecule is CCCCOc1cc(C(=O)OC)ccc1NC(=O)c1ccc(NC(=C2CC2)c2ccc(NC(C)=O)c(OCc3ccc(F)cc3)c2)c(OCC(C)C)c1. The zero-order valence-electron chi connectivity index (χ0n) is 30.8. The molecule has 53 heavy (non-hydrogen) atoms. The second-order valence-electron chi connectivity index (χ2n) is 13.2. The number of anilines is 3. The van der Waals surface area contributed by atoms with Gasteiger partial charge in [-0.2, -0.15) is 0 Å². The first kappa shape index (κ1) is 38.4. The molecule has 0 aromatic heterocycles. The molecule has 0 unspecified atom stereocenters. The first-order chi connectivity index (χ1) is 25.5. The maximum absolute atomic E-state index is 13.7. The van der Waals surface area contributed by atoms with Crippen LogP contribution in [-0.2, 0) is 16.1 Å². The monoisotopic (exact) mass is 723 g/mol. The number of carbonyl (C=O) groups is 3. The van der Waals surface area contributed by atoms with Gasteiger partial charge in [-0.05, 0) is 97.0 Å². The van der Waals surface area contributed by atoms with Crippen molar-refractivity contribution >= 4 is 40.5 Å². The van der Waals surface area contributed by atoms with Crippen LogP contribution in [-0.4, -0.2) is 38.1 Å². The minimum Gasteiger partial charge on any atom is -0.491 e. The Kier molecular flexibility index (Phi) is 13.1. The van der Waals surface area contributed by atoms with Crippen LogP contribution in [0, 0.1) is 11.7 Å². The molecule has 4 aromatic carbocycles. The summed E-state index contributed by atoms with van der Waals surface area (Å²) in [7, 11) is 1.31. The average molecular weight is 724 g/mol. The molecule has 278 valence electrons. The zero-order valence-corrected chi connectivity index (χ0v) is 30.8. The molecule has 1 aliphatic carbocycles. The standard InChI is InChI=1S/C42H46FN3O7/c1-6-7-20-51-37-23-32(42(49)50-5)14-19-36(37)46-41(48)31-13-18-35(39(22-31)52-24-26(2)3)45-40(29-10-11-29)30-12-17-34(44-27(4)47)38(21-30)53-25-28-8-15-33(43)16-9-28/h8-9,12-19,21-23,26,45H,6-7,10-11,20,24-25H2,1-5H3,(H,44,47)(H,46,48). The van der Waals surface area contributed by atoms with Crippen molar-refractivity contribution in [3.05, 3.63) is 113 Å². The quantitative estimate of drug-likeness (QED) is 0.0728. The highest BCUT2D eigenvalue weighted by Crippen LogP contribution is 2.41. The first-order valence-corrected chi connectivity index (χ1v) is 17.8. The highest BCUT2D eigenvalue weighted by molar-refractivity contribution is 6.06. The van der Waals surface area contributed by atoms with Crippen LogP contribution in [0.25, 0.3) is 5.70 Å². The Balaban J connectivity index is 1.42. The summed E-state index contributed by atoms with van der Waals surface area (Å²) in [4.78, 5) is 37.8. The van der Waals surface area contributed by atoms with Gasteiger partial charge in [-0.15, -0.1) is 0 Å². The van der Waals surface area contributed by atoms with E-state index in [0.717, 1.165) is 42.5 Å². The number of hydrogen-bond donors (Lipinski definition) is 3. The second kappa shape index (κ2) is 18.1. The van der Waals surface area contributed by atoms with Gasteiger partial charge in [0.05, 0.1) is 42.9 Å². The lowest BCUT2D eigenvalue weighted by Crippen LogP contribution is -2.15. The van der Waals surface area contributed by atoms with Crippen LogP contribution >= 0.6 is 0 Å². The molecular weight excluding hydrogens is 677 g/mol. The zero-order chi connectivity index (χ0) is 37.9. The number of allylic oxidation sites excluding steroid dienone is 1. The third kappa shape index (κ3) is 10.8. The number of esters is 1. The Morgan fingerprint density at radius 1 is 0.736 bits per heavy atom. The molecule has 0 saturated heterocycles. The Bertz CT molecular complexity index is 1970. The Morgan fingerprint density at radius 2 is 1.32 bits per heavy atom. The van der Waals surface area contributed by atoms with Crippen LogP contribution < -0.4 is 30.2 Å². The first-order valence-electron chi connectivity index (χ1n) is 17.8. The summed E-state index contributed by atoms with van der Waals surface area (Å²) in [6.07, 6.45) is 3.54. The van der Waals surface area contributed by atoms with Gasteiger partial charge in [0.2, 0.25) is 5.91 Å². The molecule has 1 fully saturated rings. The van der Waals surface area contributed by atoms with E-state index in [-0.39, 0.29) is 30.2 Å². The van der Waals surface area contributed by atoms with Gasteiger partial charge in [0.25, 0.3) is 5.91 Å². The van der Waals surface area contributed by atoms with Crippen molar-refractivity contribution in [3.63, 3.8) is 0 Å². The smallest absolute Gasteiger partial charge is 0.337 e. The lowest BCUT2D eigenvalue weighted by molar-refractivity contribution is -0.114. The van der Waals surface area contributed by atoms with Crippen molar-refractivity contribution in [2.75, 3.05) is 36.3 Å². The molecule has 2 amide bonds. The normalized spacial score (nSPS) is 11.8. The van der Waals surface area contributed by atoms with Gasteiger partial charge in [-0.1, -0.05) is 45.4 Å². The number of carbonyl (C=O) groups excluding carboxylic acids is 3. The molecule has 0 heterocycles. The van der Waals surface area contributed by atoms with Gasteiger partial charge >= 0.3 is 5.97 Å². The van der Waals surface area contributed by atoms with Crippen LogP contribution in [0.4, 0.5) is 21.5 Å². The largest absolute Gasteiger partial charge is 0.491 e.